The summed E-state index contributed by atoms with van der Waals surface area (Å²) in [6, 6.07) is 5.84. The summed E-state index contributed by atoms with van der Waals surface area (Å²) in [6.07, 6.45) is 4.32. The van der Waals surface area contributed by atoms with E-state index in [2.05, 4.69) is 27.2 Å². The lowest BCUT2D eigenvalue weighted by atomic mass is 10.1. The third-order valence-electron chi connectivity index (χ3n) is 2.68. The summed E-state index contributed by atoms with van der Waals surface area (Å²) in [4.78, 5) is 12.6. The second-order valence-corrected chi connectivity index (χ2v) is 4.09. The predicted molar refractivity (Wildman–Crippen MR) is 72.1 cm³/mol. The molecule has 5 nitrogen and oxygen atoms in total. The Bertz CT molecular complexity index is 512. The zero-order chi connectivity index (χ0) is 13.0. The molecule has 1 unspecified atom stereocenters. The monoisotopic (exact) mass is 243 g/mol. The lowest BCUT2D eigenvalue weighted by molar-refractivity contribution is 0.856. The van der Waals surface area contributed by atoms with Gasteiger partial charge in [-0.3, -0.25) is 4.98 Å². The van der Waals surface area contributed by atoms with Gasteiger partial charge >= 0.3 is 0 Å². The Balaban J connectivity index is 2.16. The van der Waals surface area contributed by atoms with Crippen molar-refractivity contribution in [2.75, 3.05) is 11.1 Å². The number of nitrogen functional groups attached to an aromatic ring is 1. The van der Waals surface area contributed by atoms with Crippen LogP contribution < -0.4 is 11.1 Å². The van der Waals surface area contributed by atoms with E-state index in [1.807, 2.05) is 19.1 Å². The minimum Gasteiger partial charge on any atom is -0.384 e. The minimum atomic E-state index is 0.145. The maximum absolute atomic E-state index is 5.75. The van der Waals surface area contributed by atoms with E-state index >= 15 is 0 Å². The highest BCUT2D eigenvalue weighted by atomic mass is 15.1. The number of hydrogen-bond acceptors (Lipinski definition) is 5. The van der Waals surface area contributed by atoms with Crippen molar-refractivity contribution in [2.24, 2.45) is 0 Å². The molecule has 0 radical (unpaired) electrons. The molecule has 0 saturated heterocycles. The van der Waals surface area contributed by atoms with Gasteiger partial charge in [0, 0.05) is 24.9 Å². The molecule has 5 heteroatoms. The van der Waals surface area contributed by atoms with Crippen molar-refractivity contribution in [1.29, 1.82) is 0 Å². The number of rotatable bonds is 4. The second kappa shape index (κ2) is 5.44. The van der Waals surface area contributed by atoms with Gasteiger partial charge in [0.05, 0.1) is 6.04 Å². The lowest BCUT2D eigenvalue weighted by Gasteiger charge is -2.15. The molecule has 2 rings (SSSR count). The van der Waals surface area contributed by atoms with E-state index in [1.54, 1.807) is 18.5 Å². The molecule has 0 fully saturated rings. The first-order valence-electron chi connectivity index (χ1n) is 5.99. The zero-order valence-electron chi connectivity index (χ0n) is 10.6. The van der Waals surface area contributed by atoms with Crippen LogP contribution in [0.4, 0.5) is 11.6 Å². The van der Waals surface area contributed by atoms with Crippen molar-refractivity contribution in [3.8, 4) is 0 Å². The molecule has 0 aliphatic rings. The Morgan fingerprint density at radius 1 is 1.28 bits per heavy atom. The molecular formula is C13H17N5. The maximum atomic E-state index is 5.75. The van der Waals surface area contributed by atoms with E-state index in [0.29, 0.717) is 5.82 Å². The van der Waals surface area contributed by atoms with E-state index in [1.165, 1.54) is 0 Å². The van der Waals surface area contributed by atoms with Gasteiger partial charge in [-0.25, -0.2) is 9.97 Å². The highest BCUT2D eigenvalue weighted by Gasteiger charge is 2.07. The molecule has 3 N–H and O–H groups in total. The van der Waals surface area contributed by atoms with Gasteiger partial charge in [0.25, 0.3) is 0 Å². The number of aryl methyl sites for hydroxylation is 1. The van der Waals surface area contributed by atoms with Gasteiger partial charge in [0.1, 0.15) is 17.5 Å². The fourth-order valence-electron chi connectivity index (χ4n) is 1.71. The third-order valence-corrected chi connectivity index (χ3v) is 2.68. The van der Waals surface area contributed by atoms with Gasteiger partial charge in [0.2, 0.25) is 0 Å². The molecular weight excluding hydrogens is 226 g/mol. The summed E-state index contributed by atoms with van der Waals surface area (Å²) in [6.45, 7) is 4.07. The number of nitrogens with two attached hydrogens (primary N) is 1. The Morgan fingerprint density at radius 2 is 2.00 bits per heavy atom. The second-order valence-electron chi connectivity index (χ2n) is 4.09. The summed E-state index contributed by atoms with van der Waals surface area (Å²) in [5, 5.41) is 3.31. The molecule has 0 bridgehead atoms. The zero-order valence-corrected chi connectivity index (χ0v) is 10.6. The number of pyridine rings is 1. The highest BCUT2D eigenvalue weighted by molar-refractivity contribution is 5.46. The van der Waals surface area contributed by atoms with Crippen molar-refractivity contribution >= 4 is 11.6 Å². The number of nitrogens with zero attached hydrogens (tertiary/aromatic N) is 3. The van der Waals surface area contributed by atoms with Crippen LogP contribution in [0.2, 0.25) is 0 Å². The van der Waals surface area contributed by atoms with Gasteiger partial charge in [-0.15, -0.1) is 0 Å². The SMILES string of the molecule is CCc1nc(N)cc(NC(C)c2ccncc2)n1. The van der Waals surface area contributed by atoms with Crippen LogP contribution >= 0.6 is 0 Å². The first kappa shape index (κ1) is 12.3. The van der Waals surface area contributed by atoms with Crippen LogP contribution in [0.3, 0.4) is 0 Å². The van der Waals surface area contributed by atoms with Crippen molar-refractivity contribution in [3.05, 3.63) is 42.0 Å². The largest absolute Gasteiger partial charge is 0.384 e. The summed E-state index contributed by atoms with van der Waals surface area (Å²) in [5.41, 5.74) is 6.90. The van der Waals surface area contributed by atoms with Gasteiger partial charge in [-0.2, -0.15) is 0 Å². The van der Waals surface area contributed by atoms with Crippen molar-refractivity contribution in [3.63, 3.8) is 0 Å². The Labute approximate surface area is 106 Å². The molecule has 0 saturated carbocycles. The van der Waals surface area contributed by atoms with Gasteiger partial charge < -0.3 is 11.1 Å². The van der Waals surface area contributed by atoms with Gasteiger partial charge in [-0.05, 0) is 24.6 Å². The highest BCUT2D eigenvalue weighted by Crippen LogP contribution is 2.18. The Morgan fingerprint density at radius 3 is 2.67 bits per heavy atom. The first-order chi connectivity index (χ1) is 8.69. The van der Waals surface area contributed by atoms with E-state index in [4.69, 9.17) is 5.73 Å². The molecule has 0 aliphatic heterocycles. The molecule has 0 aliphatic carbocycles. The van der Waals surface area contributed by atoms with E-state index in [0.717, 1.165) is 23.6 Å². The molecule has 0 amide bonds. The lowest BCUT2D eigenvalue weighted by Crippen LogP contribution is -2.10. The van der Waals surface area contributed by atoms with E-state index in [-0.39, 0.29) is 6.04 Å². The molecule has 0 aromatic carbocycles. The smallest absolute Gasteiger partial charge is 0.132 e. The molecule has 2 heterocycles. The maximum Gasteiger partial charge on any atom is 0.132 e. The van der Waals surface area contributed by atoms with Crippen LogP contribution in [0.5, 0.6) is 0 Å². The summed E-state index contributed by atoms with van der Waals surface area (Å²) < 4.78 is 0. The van der Waals surface area contributed by atoms with Crippen molar-refractivity contribution < 1.29 is 0 Å². The molecule has 0 spiro atoms. The van der Waals surface area contributed by atoms with Crippen molar-refractivity contribution in [2.45, 2.75) is 26.3 Å². The standard InChI is InChI=1S/C13H17N5/c1-3-12-17-11(14)8-13(18-12)16-9(2)10-4-6-15-7-5-10/h4-9H,3H2,1-2H3,(H3,14,16,17,18). The number of hydrogen-bond donors (Lipinski definition) is 2. The van der Waals surface area contributed by atoms with Crippen LogP contribution in [-0.4, -0.2) is 15.0 Å². The topological polar surface area (TPSA) is 76.7 Å². The fourth-order valence-corrected chi connectivity index (χ4v) is 1.71. The molecule has 18 heavy (non-hydrogen) atoms. The van der Waals surface area contributed by atoms with E-state index in [9.17, 15) is 0 Å². The Hall–Kier alpha value is -2.17. The first-order valence-corrected chi connectivity index (χ1v) is 5.99. The summed E-state index contributed by atoms with van der Waals surface area (Å²) >= 11 is 0. The average molecular weight is 243 g/mol. The minimum absolute atomic E-state index is 0.145. The van der Waals surface area contributed by atoms with Gasteiger partial charge in [0.15, 0.2) is 0 Å². The number of aromatic nitrogens is 3. The molecule has 94 valence electrons. The van der Waals surface area contributed by atoms with Crippen molar-refractivity contribution in [1.82, 2.24) is 15.0 Å². The fraction of sp³-hybridized carbons (Fsp3) is 0.308. The summed E-state index contributed by atoms with van der Waals surface area (Å²) in [7, 11) is 0. The number of nitrogens with one attached hydrogen (secondary N) is 1. The van der Waals surface area contributed by atoms with Crippen LogP contribution in [0, 0.1) is 0 Å². The summed E-state index contributed by atoms with van der Waals surface area (Å²) in [5.74, 6) is 1.99. The van der Waals surface area contributed by atoms with Crippen LogP contribution in [0.25, 0.3) is 0 Å². The quantitative estimate of drug-likeness (QED) is 0.860. The predicted octanol–water partition coefficient (Wildman–Crippen LogP) is 2.19. The molecule has 1 atom stereocenters. The van der Waals surface area contributed by atoms with Crippen LogP contribution in [0.15, 0.2) is 30.6 Å². The molecule has 2 aromatic heterocycles. The van der Waals surface area contributed by atoms with Gasteiger partial charge in [-0.1, -0.05) is 6.92 Å². The molecule has 2 aromatic rings. The Kier molecular flexibility index (Phi) is 3.72. The van der Waals surface area contributed by atoms with Crippen LogP contribution in [-0.2, 0) is 6.42 Å². The number of anilines is 2. The average Bonchev–Trinajstić information content (AvgIpc) is 2.39. The third kappa shape index (κ3) is 2.94. The van der Waals surface area contributed by atoms with Crippen LogP contribution in [0.1, 0.15) is 31.3 Å². The normalized spacial score (nSPS) is 12.1. The van der Waals surface area contributed by atoms with E-state index < -0.39 is 0 Å².